The maximum Gasteiger partial charge on any atom is 0.264 e. The molecule has 23 heavy (non-hydrogen) atoms. The van der Waals surface area contributed by atoms with Gasteiger partial charge in [-0.2, -0.15) is 0 Å². The zero-order valence-electron chi connectivity index (χ0n) is 12.7. The molecular weight excluding hydrogens is 332 g/mol. The maximum absolute atomic E-state index is 12.3. The molecule has 1 amide bonds. The van der Waals surface area contributed by atoms with Crippen LogP contribution in [0.15, 0.2) is 59.5 Å². The molecule has 0 aliphatic heterocycles. The molecule has 0 unspecified atom stereocenters. The molecule has 7 heteroatoms. The topological polar surface area (TPSA) is 66.5 Å². The van der Waals surface area contributed by atoms with Gasteiger partial charge in [-0.3, -0.25) is 4.79 Å². The second kappa shape index (κ2) is 6.89. The number of hydrogen-bond donors (Lipinski definition) is 1. The first-order valence-electron chi connectivity index (χ1n) is 6.78. The molecule has 0 bridgehead atoms. The smallest absolute Gasteiger partial charge is 0.264 e. The Kier molecular flexibility index (Phi) is 5.12. The van der Waals surface area contributed by atoms with E-state index in [0.717, 1.165) is 5.69 Å². The Morgan fingerprint density at radius 2 is 1.61 bits per heavy atom. The molecule has 2 rings (SSSR count). The Balaban J connectivity index is 2.20. The number of carbonyl (C=O) groups is 1. The van der Waals surface area contributed by atoms with Crippen molar-refractivity contribution in [2.45, 2.75) is 11.8 Å². The summed E-state index contributed by atoms with van der Waals surface area (Å²) in [4.78, 5) is 14.4. The fourth-order valence-corrected chi connectivity index (χ4v) is 2.94. The van der Waals surface area contributed by atoms with Gasteiger partial charge >= 0.3 is 0 Å². The van der Waals surface area contributed by atoms with Crippen LogP contribution in [0.4, 0.5) is 5.69 Å². The second-order valence-corrected chi connectivity index (χ2v) is 7.15. The zero-order chi connectivity index (χ0) is 17.0. The predicted molar refractivity (Wildman–Crippen MR) is 94.2 cm³/mol. The zero-order valence-corrected chi connectivity index (χ0v) is 14.3. The molecule has 0 aliphatic rings. The Hall–Kier alpha value is -2.25. The number of amides is 1. The lowest BCUT2D eigenvalue weighted by atomic mass is 10.2. The van der Waals surface area contributed by atoms with E-state index >= 15 is 0 Å². The van der Waals surface area contributed by atoms with Gasteiger partial charge < -0.3 is 4.90 Å². The normalized spacial score (nSPS) is 10.9. The highest BCUT2D eigenvalue weighted by molar-refractivity contribution is 7.90. The SMILES string of the molecule is CC(=S)N(C)c1ccc(S(=O)(=O)NC(=O)c2ccccc2)cc1. The van der Waals surface area contributed by atoms with Crippen molar-refractivity contribution in [2.75, 3.05) is 11.9 Å². The van der Waals surface area contributed by atoms with Crippen LogP contribution in [0.1, 0.15) is 17.3 Å². The number of anilines is 1. The Morgan fingerprint density at radius 3 is 2.13 bits per heavy atom. The van der Waals surface area contributed by atoms with Crippen LogP contribution in [0.25, 0.3) is 0 Å². The van der Waals surface area contributed by atoms with Gasteiger partial charge in [0.2, 0.25) is 0 Å². The minimum absolute atomic E-state index is 0.0148. The summed E-state index contributed by atoms with van der Waals surface area (Å²) in [5.74, 6) is -0.665. The first-order chi connectivity index (χ1) is 10.8. The van der Waals surface area contributed by atoms with Gasteiger partial charge in [-0.15, -0.1) is 0 Å². The van der Waals surface area contributed by atoms with E-state index in [9.17, 15) is 13.2 Å². The molecule has 120 valence electrons. The Labute approximate surface area is 141 Å². The highest BCUT2D eigenvalue weighted by atomic mass is 32.2. The lowest BCUT2D eigenvalue weighted by molar-refractivity contribution is 0.0981. The van der Waals surface area contributed by atoms with Crippen LogP contribution in [-0.2, 0) is 10.0 Å². The number of sulfonamides is 1. The molecule has 5 nitrogen and oxygen atoms in total. The second-order valence-electron chi connectivity index (χ2n) is 4.87. The van der Waals surface area contributed by atoms with E-state index in [4.69, 9.17) is 12.2 Å². The predicted octanol–water partition coefficient (Wildman–Crippen LogP) is 2.59. The molecule has 0 spiro atoms. The van der Waals surface area contributed by atoms with Crippen LogP contribution in [0, 0.1) is 0 Å². The largest absolute Gasteiger partial charge is 0.339 e. The number of thiocarbonyl (C=S) groups is 1. The van der Waals surface area contributed by atoms with E-state index in [1.54, 1.807) is 61.3 Å². The van der Waals surface area contributed by atoms with Gasteiger partial charge in [0, 0.05) is 18.3 Å². The minimum atomic E-state index is -3.92. The molecule has 0 saturated carbocycles. The van der Waals surface area contributed by atoms with Gasteiger partial charge in [-0.25, -0.2) is 13.1 Å². The first-order valence-corrected chi connectivity index (χ1v) is 8.67. The number of nitrogens with one attached hydrogen (secondary N) is 1. The van der Waals surface area contributed by atoms with Crippen molar-refractivity contribution in [3.63, 3.8) is 0 Å². The fourth-order valence-electron chi connectivity index (χ4n) is 1.86. The third kappa shape index (κ3) is 4.14. The minimum Gasteiger partial charge on any atom is -0.339 e. The van der Waals surface area contributed by atoms with E-state index in [-0.39, 0.29) is 10.5 Å². The number of nitrogens with zero attached hydrogens (tertiary/aromatic N) is 1. The Morgan fingerprint density at radius 1 is 1.04 bits per heavy atom. The summed E-state index contributed by atoms with van der Waals surface area (Å²) in [6, 6.07) is 14.3. The summed E-state index contributed by atoms with van der Waals surface area (Å²) in [6.45, 7) is 1.78. The fraction of sp³-hybridized carbons (Fsp3) is 0.125. The number of benzene rings is 2. The number of hydrogen-bond acceptors (Lipinski definition) is 4. The van der Waals surface area contributed by atoms with Crippen molar-refractivity contribution in [1.29, 1.82) is 0 Å². The molecule has 0 atom stereocenters. The molecule has 0 heterocycles. The summed E-state index contributed by atoms with van der Waals surface area (Å²) < 4.78 is 26.6. The highest BCUT2D eigenvalue weighted by Gasteiger charge is 2.18. The van der Waals surface area contributed by atoms with Gasteiger partial charge in [0.1, 0.15) is 0 Å². The average Bonchev–Trinajstić information content (AvgIpc) is 2.54. The highest BCUT2D eigenvalue weighted by Crippen LogP contribution is 2.17. The van der Waals surface area contributed by atoms with Gasteiger partial charge in [0.05, 0.1) is 9.88 Å². The lowest BCUT2D eigenvalue weighted by Gasteiger charge is -2.17. The number of rotatable bonds is 4. The van der Waals surface area contributed by atoms with Gasteiger partial charge in [-0.1, -0.05) is 30.4 Å². The van der Waals surface area contributed by atoms with Crippen LogP contribution >= 0.6 is 12.2 Å². The van der Waals surface area contributed by atoms with Gasteiger partial charge in [0.15, 0.2) is 0 Å². The van der Waals surface area contributed by atoms with E-state index in [1.807, 2.05) is 0 Å². The van der Waals surface area contributed by atoms with E-state index in [2.05, 4.69) is 4.72 Å². The molecular formula is C16H16N2O3S2. The van der Waals surface area contributed by atoms with Gasteiger partial charge in [-0.05, 0) is 43.3 Å². The molecule has 2 aromatic carbocycles. The molecule has 2 aromatic rings. The summed E-state index contributed by atoms with van der Waals surface area (Å²) in [7, 11) is -2.13. The van der Waals surface area contributed by atoms with Crippen LogP contribution in [0.2, 0.25) is 0 Å². The van der Waals surface area contributed by atoms with Crippen molar-refractivity contribution >= 4 is 38.8 Å². The first kappa shape index (κ1) is 17.1. The van der Waals surface area contributed by atoms with Crippen molar-refractivity contribution in [2.24, 2.45) is 0 Å². The van der Waals surface area contributed by atoms with Crippen molar-refractivity contribution in [1.82, 2.24) is 4.72 Å². The molecule has 0 fully saturated rings. The van der Waals surface area contributed by atoms with E-state index in [1.165, 1.54) is 12.1 Å². The van der Waals surface area contributed by atoms with Crippen molar-refractivity contribution < 1.29 is 13.2 Å². The summed E-state index contributed by atoms with van der Waals surface area (Å²) in [5, 5.41) is 0. The van der Waals surface area contributed by atoms with Crippen molar-refractivity contribution in [3.8, 4) is 0 Å². The summed E-state index contributed by atoms with van der Waals surface area (Å²) in [6.07, 6.45) is 0. The maximum atomic E-state index is 12.3. The van der Waals surface area contributed by atoms with Crippen molar-refractivity contribution in [3.05, 3.63) is 60.2 Å². The average molecular weight is 348 g/mol. The summed E-state index contributed by atoms with van der Waals surface area (Å²) >= 11 is 5.07. The van der Waals surface area contributed by atoms with Crippen LogP contribution in [-0.4, -0.2) is 26.4 Å². The molecule has 0 saturated heterocycles. The standard InChI is InChI=1S/C16H16N2O3S2/c1-12(22)18(2)14-8-10-15(11-9-14)23(20,21)17-16(19)13-6-4-3-5-7-13/h3-11H,1-2H3,(H,17,19). The van der Waals surface area contributed by atoms with E-state index < -0.39 is 15.9 Å². The summed E-state index contributed by atoms with van der Waals surface area (Å²) in [5.41, 5.74) is 1.05. The third-order valence-corrected chi connectivity index (χ3v) is 4.89. The third-order valence-electron chi connectivity index (χ3n) is 3.27. The Bertz CT molecular complexity index is 816. The molecule has 1 N–H and O–H groups in total. The van der Waals surface area contributed by atoms with Crippen LogP contribution < -0.4 is 9.62 Å². The van der Waals surface area contributed by atoms with Gasteiger partial charge in [0.25, 0.3) is 15.9 Å². The number of carbonyl (C=O) groups excluding carboxylic acids is 1. The molecule has 0 aromatic heterocycles. The van der Waals surface area contributed by atoms with E-state index in [0.29, 0.717) is 4.99 Å². The quantitative estimate of drug-likeness (QED) is 0.860. The lowest BCUT2D eigenvalue weighted by Crippen LogP contribution is -2.30. The van der Waals surface area contributed by atoms with Crippen LogP contribution in [0.3, 0.4) is 0 Å². The molecule has 0 radical (unpaired) electrons. The molecule has 0 aliphatic carbocycles. The van der Waals surface area contributed by atoms with Crippen LogP contribution in [0.5, 0.6) is 0 Å². The monoisotopic (exact) mass is 348 g/mol.